The summed E-state index contributed by atoms with van der Waals surface area (Å²) >= 11 is 1.80. The number of rotatable bonds is 11. The molecule has 0 aliphatic heterocycles. The van der Waals surface area contributed by atoms with Crippen LogP contribution in [0.1, 0.15) is 51.8 Å². The predicted molar refractivity (Wildman–Crippen MR) is 133 cm³/mol. The fourth-order valence-corrected chi connectivity index (χ4v) is 6.00. The molecule has 0 aliphatic carbocycles. The molecule has 5 heterocycles. The van der Waals surface area contributed by atoms with E-state index in [1.807, 2.05) is 38.1 Å². The number of hydrogen-bond acceptors (Lipinski definition) is 5. The van der Waals surface area contributed by atoms with Crippen molar-refractivity contribution in [1.82, 2.24) is 0 Å². The van der Waals surface area contributed by atoms with Gasteiger partial charge in [-0.15, -0.1) is 11.3 Å². The van der Waals surface area contributed by atoms with E-state index in [9.17, 15) is 0 Å². The second-order valence-corrected chi connectivity index (χ2v) is 10.2. The summed E-state index contributed by atoms with van der Waals surface area (Å²) in [5.41, 5.74) is -0.218. The zero-order valence-corrected chi connectivity index (χ0v) is 20.5. The first-order valence-electron chi connectivity index (χ1n) is 11.8. The Morgan fingerprint density at radius 2 is 1.47 bits per heavy atom. The van der Waals surface area contributed by atoms with Crippen LogP contribution in [0.4, 0.5) is 0 Å². The van der Waals surface area contributed by atoms with E-state index in [1.165, 1.54) is 4.88 Å². The smallest absolute Gasteiger partial charge is 0.107 e. The van der Waals surface area contributed by atoms with E-state index in [0.29, 0.717) is 0 Å². The van der Waals surface area contributed by atoms with Gasteiger partial charge in [-0.05, 0) is 92.1 Å². The van der Waals surface area contributed by atoms with Gasteiger partial charge in [-0.3, -0.25) is 0 Å². The van der Waals surface area contributed by atoms with Crippen LogP contribution in [0.25, 0.3) is 0 Å². The van der Waals surface area contributed by atoms with E-state index < -0.39 is 0 Å². The summed E-state index contributed by atoms with van der Waals surface area (Å²) in [6, 6.07) is 20.8. The summed E-state index contributed by atoms with van der Waals surface area (Å²) in [6.45, 7) is 4.01. The van der Waals surface area contributed by atoms with Crippen LogP contribution in [0.5, 0.6) is 0 Å². The van der Waals surface area contributed by atoms with Gasteiger partial charge in [0.05, 0.1) is 12.5 Å². The van der Waals surface area contributed by atoms with Gasteiger partial charge in [0.1, 0.15) is 34.6 Å². The van der Waals surface area contributed by atoms with Crippen LogP contribution in [0.3, 0.4) is 0 Å². The van der Waals surface area contributed by atoms with Crippen LogP contribution < -0.4 is 0 Å². The molecule has 0 fully saturated rings. The van der Waals surface area contributed by atoms with E-state index >= 15 is 0 Å². The van der Waals surface area contributed by atoms with E-state index in [0.717, 1.165) is 66.7 Å². The molecular formula is C29H30O4S. The molecule has 0 spiro atoms. The highest BCUT2D eigenvalue weighted by molar-refractivity contribution is 7.09. The maximum Gasteiger partial charge on any atom is 0.107 e. The number of thiophene rings is 1. The van der Waals surface area contributed by atoms with Gasteiger partial charge >= 0.3 is 0 Å². The van der Waals surface area contributed by atoms with Gasteiger partial charge in [-0.1, -0.05) is 6.07 Å². The Bertz CT molecular complexity index is 1220. The maximum atomic E-state index is 6.31. The van der Waals surface area contributed by atoms with Crippen molar-refractivity contribution in [2.75, 3.05) is 0 Å². The largest absolute Gasteiger partial charge is 0.469 e. The average molecular weight is 475 g/mol. The highest BCUT2D eigenvalue weighted by Gasteiger charge is 2.43. The Balaban J connectivity index is 1.61. The van der Waals surface area contributed by atoms with E-state index in [1.54, 1.807) is 23.9 Å². The molecule has 176 valence electrons. The standard InChI is InChI=1S/C29H30O4S/c1-21-9-11-25(32-21)19-29(18-24-7-4-16-31-24,20-26-8-5-17-34-26)27(28-14-10-22(2)33-28)13-12-23-6-3-15-30-23/h3-11,14-17,27H,12-13,18-20H2,1-2H3. The molecule has 0 aromatic carbocycles. The molecule has 34 heavy (non-hydrogen) atoms. The monoisotopic (exact) mass is 474 g/mol. The molecule has 5 heteroatoms. The molecular weight excluding hydrogens is 444 g/mol. The van der Waals surface area contributed by atoms with Crippen molar-refractivity contribution in [3.8, 4) is 0 Å². The molecule has 0 N–H and O–H groups in total. The zero-order chi connectivity index (χ0) is 23.4. The minimum Gasteiger partial charge on any atom is -0.469 e. The van der Waals surface area contributed by atoms with E-state index in [-0.39, 0.29) is 11.3 Å². The Morgan fingerprint density at radius 3 is 2.09 bits per heavy atom. The molecule has 2 unspecified atom stereocenters. The topological polar surface area (TPSA) is 52.6 Å². The van der Waals surface area contributed by atoms with Crippen molar-refractivity contribution in [2.45, 2.75) is 51.9 Å². The van der Waals surface area contributed by atoms with Gasteiger partial charge in [-0.2, -0.15) is 0 Å². The average Bonchev–Trinajstić information content (AvgIpc) is 3.62. The lowest BCUT2D eigenvalue weighted by Crippen LogP contribution is -2.36. The molecule has 5 aromatic rings. The number of aryl methyl sites for hydroxylation is 3. The molecule has 5 rings (SSSR count). The molecule has 0 radical (unpaired) electrons. The summed E-state index contributed by atoms with van der Waals surface area (Å²) in [4.78, 5) is 1.35. The van der Waals surface area contributed by atoms with Crippen LogP contribution in [0, 0.1) is 19.3 Å². The Morgan fingerprint density at radius 1 is 0.735 bits per heavy atom. The maximum absolute atomic E-state index is 6.31. The van der Waals surface area contributed by atoms with Crippen molar-refractivity contribution in [3.05, 3.63) is 118 Å². The minimum absolute atomic E-state index is 0.129. The van der Waals surface area contributed by atoms with Crippen molar-refractivity contribution in [2.24, 2.45) is 5.41 Å². The van der Waals surface area contributed by atoms with Crippen LogP contribution >= 0.6 is 11.3 Å². The quantitative estimate of drug-likeness (QED) is 0.194. The molecule has 0 amide bonds. The highest BCUT2D eigenvalue weighted by Crippen LogP contribution is 2.48. The third-order valence-corrected chi connectivity index (χ3v) is 7.51. The summed E-state index contributed by atoms with van der Waals surface area (Å²) < 4.78 is 24.1. The van der Waals surface area contributed by atoms with Crippen LogP contribution in [-0.2, 0) is 25.7 Å². The van der Waals surface area contributed by atoms with E-state index in [4.69, 9.17) is 17.7 Å². The van der Waals surface area contributed by atoms with Gasteiger partial charge in [0, 0.05) is 30.1 Å². The third kappa shape index (κ3) is 5.15. The minimum atomic E-state index is -0.218. The van der Waals surface area contributed by atoms with Crippen molar-refractivity contribution in [3.63, 3.8) is 0 Å². The fourth-order valence-electron chi connectivity index (χ4n) is 5.14. The molecule has 5 aromatic heterocycles. The first-order chi connectivity index (χ1) is 16.6. The molecule has 0 bridgehead atoms. The molecule has 0 saturated carbocycles. The fraction of sp³-hybridized carbons (Fsp3) is 0.310. The van der Waals surface area contributed by atoms with Crippen molar-refractivity contribution < 1.29 is 17.7 Å². The van der Waals surface area contributed by atoms with Gasteiger partial charge in [-0.25, -0.2) is 0 Å². The van der Waals surface area contributed by atoms with E-state index in [2.05, 4.69) is 41.8 Å². The highest BCUT2D eigenvalue weighted by atomic mass is 32.1. The van der Waals surface area contributed by atoms with Crippen LogP contribution in [0.15, 0.2) is 96.2 Å². The second-order valence-electron chi connectivity index (χ2n) is 9.18. The lowest BCUT2D eigenvalue weighted by Gasteiger charge is -2.39. The van der Waals surface area contributed by atoms with Crippen LogP contribution in [-0.4, -0.2) is 0 Å². The van der Waals surface area contributed by atoms with Gasteiger partial charge < -0.3 is 17.7 Å². The number of hydrogen-bond donors (Lipinski definition) is 0. The Hall–Kier alpha value is -3.18. The Kier molecular flexibility index (Phi) is 6.63. The van der Waals surface area contributed by atoms with Gasteiger partial charge in [0.15, 0.2) is 0 Å². The molecule has 4 nitrogen and oxygen atoms in total. The predicted octanol–water partition coefficient (Wildman–Crippen LogP) is 8.17. The second kappa shape index (κ2) is 9.98. The lowest BCUT2D eigenvalue weighted by atomic mass is 9.64. The summed E-state index contributed by atoms with van der Waals surface area (Å²) in [5.74, 6) is 5.95. The van der Waals surface area contributed by atoms with Crippen LogP contribution in [0.2, 0.25) is 0 Å². The first kappa shape index (κ1) is 22.6. The lowest BCUT2D eigenvalue weighted by molar-refractivity contribution is 0.160. The van der Waals surface area contributed by atoms with Gasteiger partial charge in [0.25, 0.3) is 0 Å². The van der Waals surface area contributed by atoms with Gasteiger partial charge in [0.2, 0.25) is 0 Å². The molecule has 0 saturated heterocycles. The zero-order valence-electron chi connectivity index (χ0n) is 19.7. The third-order valence-electron chi connectivity index (χ3n) is 6.64. The van der Waals surface area contributed by atoms with Crippen molar-refractivity contribution in [1.29, 1.82) is 0 Å². The summed E-state index contributed by atoms with van der Waals surface area (Å²) in [6.07, 6.45) is 7.69. The molecule has 2 atom stereocenters. The normalized spacial score (nSPS) is 14.3. The Labute approximate surface area is 204 Å². The number of furan rings is 4. The SMILES string of the molecule is Cc1ccc(CC(Cc2ccco2)(Cc2cccs2)C(CCc2ccco2)c2ccc(C)o2)o1. The summed E-state index contributed by atoms with van der Waals surface area (Å²) in [5, 5.41) is 2.15. The van der Waals surface area contributed by atoms with Crippen molar-refractivity contribution >= 4 is 11.3 Å². The first-order valence-corrected chi connectivity index (χ1v) is 12.7. The summed E-state index contributed by atoms with van der Waals surface area (Å²) in [7, 11) is 0. The molecule has 0 aliphatic rings.